The molecule has 2 N–H and O–H groups in total. The van der Waals surface area contributed by atoms with Gasteiger partial charge in [0.05, 0.1) is 17.0 Å². The number of alkyl halides is 4. The van der Waals surface area contributed by atoms with Crippen molar-refractivity contribution in [2.45, 2.75) is 69.0 Å². The van der Waals surface area contributed by atoms with Crippen LogP contribution in [0.3, 0.4) is 0 Å². The quantitative estimate of drug-likeness (QED) is 0.350. The second-order valence-corrected chi connectivity index (χ2v) is 12.3. The molecule has 1 saturated carbocycles. The average molecular weight is 668 g/mol. The largest absolute Gasteiger partial charge is 0.390 e. The Morgan fingerprint density at radius 1 is 0.667 bits per heavy atom. The number of aliphatic hydroxyl groups excluding tert-OH is 2. The van der Waals surface area contributed by atoms with E-state index in [9.17, 15) is 10.2 Å². The fraction of sp³-hybridized carbons (Fsp3) is 0.500. The SMILES string of the molecule is OC1CCCCCC(c2ccccc2)(c2ccccc2)C(Br)C(Br)C(Br)C(Br)C1O. The first-order valence-corrected chi connectivity index (χ1v) is 14.1. The van der Waals surface area contributed by atoms with Gasteiger partial charge >= 0.3 is 0 Å². The first-order chi connectivity index (χ1) is 14.4. The maximum atomic E-state index is 10.7. The lowest BCUT2D eigenvalue weighted by molar-refractivity contribution is 0.0128. The molecule has 0 aromatic heterocycles. The van der Waals surface area contributed by atoms with Crippen molar-refractivity contribution in [3.05, 3.63) is 71.8 Å². The molecule has 0 aliphatic heterocycles. The van der Waals surface area contributed by atoms with E-state index in [0.717, 1.165) is 25.7 Å². The molecule has 0 bridgehead atoms. The van der Waals surface area contributed by atoms with E-state index in [1.165, 1.54) is 11.1 Å². The molecule has 0 amide bonds. The van der Waals surface area contributed by atoms with Crippen LogP contribution in [-0.2, 0) is 5.41 Å². The van der Waals surface area contributed by atoms with Crippen molar-refractivity contribution in [1.29, 1.82) is 0 Å². The molecule has 6 unspecified atom stereocenters. The van der Waals surface area contributed by atoms with Gasteiger partial charge in [-0.15, -0.1) is 0 Å². The van der Waals surface area contributed by atoms with Crippen LogP contribution in [0.5, 0.6) is 0 Å². The van der Waals surface area contributed by atoms with Crippen LogP contribution in [0.15, 0.2) is 60.7 Å². The summed E-state index contributed by atoms with van der Waals surface area (Å²) in [5.74, 6) is 0. The highest BCUT2D eigenvalue weighted by atomic mass is 79.9. The van der Waals surface area contributed by atoms with Gasteiger partial charge in [0, 0.05) is 19.9 Å². The smallest absolute Gasteiger partial charge is 0.0934 e. The minimum Gasteiger partial charge on any atom is -0.390 e. The van der Waals surface area contributed by atoms with E-state index in [-0.39, 0.29) is 24.7 Å². The Morgan fingerprint density at radius 3 is 1.73 bits per heavy atom. The Morgan fingerprint density at radius 2 is 1.20 bits per heavy atom. The van der Waals surface area contributed by atoms with Crippen molar-refractivity contribution < 1.29 is 10.2 Å². The molecule has 2 aromatic rings. The molecule has 6 atom stereocenters. The van der Waals surface area contributed by atoms with Crippen LogP contribution < -0.4 is 0 Å². The summed E-state index contributed by atoms with van der Waals surface area (Å²) in [7, 11) is 0. The van der Waals surface area contributed by atoms with Crippen LogP contribution >= 0.6 is 63.7 Å². The molecule has 1 aliphatic carbocycles. The minimum absolute atomic E-state index is 0.0106. The zero-order valence-corrected chi connectivity index (χ0v) is 23.0. The average Bonchev–Trinajstić information content (AvgIpc) is 2.79. The van der Waals surface area contributed by atoms with Crippen LogP contribution in [0.2, 0.25) is 0 Å². The molecular weight excluding hydrogens is 640 g/mol. The molecule has 6 heteroatoms. The molecule has 164 valence electrons. The molecule has 3 rings (SSSR count). The number of aliphatic hydroxyl groups is 2. The lowest BCUT2D eigenvalue weighted by Gasteiger charge is -2.44. The molecule has 2 nitrogen and oxygen atoms in total. The van der Waals surface area contributed by atoms with E-state index in [1.54, 1.807) is 0 Å². The number of halogens is 4. The highest BCUT2D eigenvalue weighted by Gasteiger charge is 2.47. The molecule has 0 spiro atoms. The van der Waals surface area contributed by atoms with Gasteiger partial charge in [-0.2, -0.15) is 0 Å². The van der Waals surface area contributed by atoms with Crippen molar-refractivity contribution in [3.8, 4) is 0 Å². The van der Waals surface area contributed by atoms with Crippen LogP contribution in [0, 0.1) is 0 Å². The molecule has 2 aromatic carbocycles. The van der Waals surface area contributed by atoms with E-state index in [4.69, 9.17) is 0 Å². The lowest BCUT2D eigenvalue weighted by Crippen LogP contribution is -2.49. The van der Waals surface area contributed by atoms with E-state index in [2.05, 4.69) is 124 Å². The van der Waals surface area contributed by atoms with Crippen LogP contribution in [0.4, 0.5) is 0 Å². The molecule has 1 aliphatic rings. The third kappa shape index (κ3) is 5.26. The minimum atomic E-state index is -0.837. The summed E-state index contributed by atoms with van der Waals surface area (Å²) in [6, 6.07) is 21.5. The Kier molecular flexibility index (Phi) is 9.48. The van der Waals surface area contributed by atoms with Gasteiger partial charge in [0.1, 0.15) is 0 Å². The van der Waals surface area contributed by atoms with Crippen molar-refractivity contribution in [2.24, 2.45) is 0 Å². The number of hydrogen-bond donors (Lipinski definition) is 2. The van der Waals surface area contributed by atoms with Crippen molar-refractivity contribution in [3.63, 3.8) is 0 Å². The topological polar surface area (TPSA) is 40.5 Å². The van der Waals surface area contributed by atoms with Gasteiger partial charge in [-0.05, 0) is 24.0 Å². The van der Waals surface area contributed by atoms with Crippen LogP contribution in [-0.4, -0.2) is 41.7 Å². The molecule has 0 saturated heterocycles. The van der Waals surface area contributed by atoms with Crippen molar-refractivity contribution in [2.75, 3.05) is 0 Å². The summed E-state index contributed by atoms with van der Waals surface area (Å²) < 4.78 is 0. The van der Waals surface area contributed by atoms with Gasteiger partial charge in [-0.25, -0.2) is 0 Å². The standard InChI is InChI=1S/C24H28Br4O2/c25-19-20(26)22(30)18(29)14-8-3-9-15-24(23(28)21(19)27,16-10-4-1-5-11-16)17-12-6-2-7-13-17/h1-2,4-7,10-13,18-23,29-30H,3,8-9,14-15H2. The van der Waals surface area contributed by atoms with Crippen LogP contribution in [0.25, 0.3) is 0 Å². The van der Waals surface area contributed by atoms with E-state index < -0.39 is 12.2 Å². The van der Waals surface area contributed by atoms with E-state index >= 15 is 0 Å². The van der Waals surface area contributed by atoms with Gasteiger partial charge in [0.2, 0.25) is 0 Å². The zero-order valence-electron chi connectivity index (χ0n) is 16.7. The fourth-order valence-corrected chi connectivity index (χ4v) is 8.48. The number of rotatable bonds is 2. The highest BCUT2D eigenvalue weighted by molar-refractivity contribution is 9.14. The van der Waals surface area contributed by atoms with Gasteiger partial charge in [0.25, 0.3) is 0 Å². The van der Waals surface area contributed by atoms with E-state index in [0.29, 0.717) is 6.42 Å². The monoisotopic (exact) mass is 664 g/mol. The Bertz CT molecular complexity index is 734. The number of benzene rings is 2. The Balaban J connectivity index is 2.11. The van der Waals surface area contributed by atoms with Gasteiger partial charge < -0.3 is 10.2 Å². The van der Waals surface area contributed by atoms with E-state index in [1.807, 2.05) is 0 Å². The maximum Gasteiger partial charge on any atom is 0.0934 e. The Hall–Kier alpha value is 0.280. The molecular formula is C24H28Br4O2. The van der Waals surface area contributed by atoms with Gasteiger partial charge in [-0.3, -0.25) is 0 Å². The third-order valence-electron chi connectivity index (χ3n) is 6.23. The molecule has 0 heterocycles. The first kappa shape index (κ1) is 24.9. The number of hydrogen-bond acceptors (Lipinski definition) is 2. The van der Waals surface area contributed by atoms with Gasteiger partial charge in [-0.1, -0.05) is 144 Å². The summed E-state index contributed by atoms with van der Waals surface area (Å²) in [4.78, 5) is -0.357. The second-order valence-electron chi connectivity index (χ2n) is 8.10. The van der Waals surface area contributed by atoms with Crippen LogP contribution in [0.1, 0.15) is 43.2 Å². The maximum absolute atomic E-state index is 10.7. The predicted octanol–water partition coefficient (Wildman–Crippen LogP) is 6.71. The zero-order chi connectivity index (χ0) is 21.7. The normalized spacial score (nSPS) is 33.3. The summed E-state index contributed by atoms with van der Waals surface area (Å²) in [5.41, 5.74) is 2.33. The molecule has 0 radical (unpaired) electrons. The summed E-state index contributed by atoms with van der Waals surface area (Å²) >= 11 is 15.5. The van der Waals surface area contributed by atoms with Crippen molar-refractivity contribution >= 4 is 63.7 Å². The highest BCUT2D eigenvalue weighted by Crippen LogP contribution is 2.48. The third-order valence-corrected chi connectivity index (χ3v) is 13.1. The predicted molar refractivity (Wildman–Crippen MR) is 140 cm³/mol. The lowest BCUT2D eigenvalue weighted by atomic mass is 9.67. The second kappa shape index (κ2) is 11.4. The summed E-state index contributed by atoms with van der Waals surface area (Å²) in [6.07, 6.45) is 2.99. The molecule has 1 fully saturated rings. The van der Waals surface area contributed by atoms with Crippen molar-refractivity contribution in [1.82, 2.24) is 0 Å². The fourth-order valence-electron chi connectivity index (χ4n) is 4.50. The van der Waals surface area contributed by atoms with Gasteiger partial charge in [0.15, 0.2) is 0 Å². The summed E-state index contributed by atoms with van der Waals surface area (Å²) in [5, 5.41) is 21.1. The Labute approximate surface area is 213 Å². The summed E-state index contributed by atoms with van der Waals surface area (Å²) in [6.45, 7) is 0. The first-order valence-electron chi connectivity index (χ1n) is 10.4. The molecule has 30 heavy (non-hydrogen) atoms.